The van der Waals surface area contributed by atoms with E-state index >= 15 is 0 Å². The molecule has 0 saturated carbocycles. The van der Waals surface area contributed by atoms with Crippen molar-refractivity contribution in [2.75, 3.05) is 13.1 Å². The number of benzene rings is 1. The molecule has 0 bridgehead atoms. The highest BCUT2D eigenvalue weighted by Gasteiger charge is 2.39. The van der Waals surface area contributed by atoms with Crippen molar-refractivity contribution in [1.29, 1.82) is 0 Å². The molecule has 1 aromatic carbocycles. The molecule has 0 aliphatic heterocycles. The van der Waals surface area contributed by atoms with Crippen molar-refractivity contribution < 1.29 is 23.1 Å². The highest BCUT2D eigenvalue weighted by Crippen LogP contribution is 2.25. The van der Waals surface area contributed by atoms with Gasteiger partial charge in [-0.1, -0.05) is 43.2 Å². The lowest BCUT2D eigenvalue weighted by atomic mass is 10.1. The van der Waals surface area contributed by atoms with Gasteiger partial charge in [-0.25, -0.2) is 18.1 Å². The van der Waals surface area contributed by atoms with E-state index in [4.69, 9.17) is 0 Å². The Hall–Kier alpha value is -2.45. The number of hydrogen-bond acceptors (Lipinski definition) is 4. The largest absolute Gasteiger partial charge is 0.465 e. The van der Waals surface area contributed by atoms with Crippen LogP contribution in [0.25, 0.3) is 0 Å². The van der Waals surface area contributed by atoms with Crippen LogP contribution in [0.5, 0.6) is 0 Å². The number of sulfonamides is 1. The average molecular weight is 437 g/mol. The number of carboxylic acid groups (broad SMARTS) is 1. The number of rotatable bonds is 11. The molecule has 2 amide bonds. The Kier molecular flexibility index (Phi) is 9.45. The predicted octanol–water partition coefficient (Wildman–Crippen LogP) is 4.06. The second-order valence-electron chi connectivity index (χ2n) is 7.81. The maximum atomic E-state index is 13.5. The van der Waals surface area contributed by atoms with E-state index in [1.54, 1.807) is 19.1 Å². The van der Waals surface area contributed by atoms with Crippen LogP contribution in [0.1, 0.15) is 39.2 Å². The maximum Gasteiger partial charge on any atom is 0.414 e. The molecule has 0 radical (unpaired) electrons. The van der Waals surface area contributed by atoms with E-state index in [9.17, 15) is 23.1 Å². The number of carbonyl (C=O) groups is 2. The first kappa shape index (κ1) is 25.6. The first-order valence-electron chi connectivity index (χ1n) is 9.79. The number of carbonyl (C=O) groups excluding carboxylic acids is 1. The van der Waals surface area contributed by atoms with Gasteiger partial charge >= 0.3 is 6.09 Å². The van der Waals surface area contributed by atoms with Crippen LogP contribution >= 0.6 is 0 Å². The molecule has 8 heteroatoms. The molecule has 0 aliphatic rings. The summed E-state index contributed by atoms with van der Waals surface area (Å²) < 4.78 is 28.1. The van der Waals surface area contributed by atoms with Gasteiger partial charge in [0.05, 0.1) is 4.90 Å². The Balaban J connectivity index is 3.54. The topological polar surface area (TPSA) is 95.0 Å². The molecule has 1 N–H and O–H groups in total. The molecule has 1 atom stereocenters. The van der Waals surface area contributed by atoms with Gasteiger partial charge in [-0.05, 0) is 44.7 Å². The maximum absolute atomic E-state index is 13.5. The Labute approximate surface area is 179 Å². The molecule has 1 aromatic rings. The Morgan fingerprint density at radius 3 is 2.20 bits per heavy atom. The van der Waals surface area contributed by atoms with E-state index in [1.807, 2.05) is 20.8 Å². The zero-order valence-corrected chi connectivity index (χ0v) is 19.0. The van der Waals surface area contributed by atoms with Gasteiger partial charge < -0.3 is 5.11 Å². The van der Waals surface area contributed by atoms with Crippen LogP contribution in [0.4, 0.5) is 4.79 Å². The fourth-order valence-corrected chi connectivity index (χ4v) is 4.48. The zero-order chi connectivity index (χ0) is 23.1. The van der Waals surface area contributed by atoms with Gasteiger partial charge in [0.2, 0.25) is 10.0 Å². The minimum Gasteiger partial charge on any atom is -0.465 e. The van der Waals surface area contributed by atoms with Crippen molar-refractivity contribution in [3.8, 4) is 0 Å². The fourth-order valence-electron chi connectivity index (χ4n) is 2.89. The van der Waals surface area contributed by atoms with Crippen LogP contribution in [-0.4, -0.2) is 53.9 Å². The fraction of sp³-hybridized carbons (Fsp3) is 0.455. The van der Waals surface area contributed by atoms with Gasteiger partial charge in [-0.2, -0.15) is 4.31 Å². The van der Waals surface area contributed by atoms with E-state index < -0.39 is 28.1 Å². The lowest BCUT2D eigenvalue weighted by Crippen LogP contribution is -2.52. The van der Waals surface area contributed by atoms with Crippen molar-refractivity contribution in [2.45, 2.75) is 51.5 Å². The smallest absolute Gasteiger partial charge is 0.414 e. The van der Waals surface area contributed by atoms with Crippen LogP contribution in [0.3, 0.4) is 0 Å². The lowest BCUT2D eigenvalue weighted by Gasteiger charge is -2.33. The molecule has 7 nitrogen and oxygen atoms in total. The third kappa shape index (κ3) is 6.81. The number of aryl methyl sites for hydroxylation is 1. The Bertz CT molecular complexity index is 875. The molecule has 0 aliphatic carbocycles. The Morgan fingerprint density at radius 1 is 1.20 bits per heavy atom. The summed E-state index contributed by atoms with van der Waals surface area (Å²) in [5.74, 6) is -0.630. The molecule has 0 spiro atoms. The van der Waals surface area contributed by atoms with Crippen LogP contribution in [-0.2, 0) is 14.8 Å². The summed E-state index contributed by atoms with van der Waals surface area (Å²) in [4.78, 5) is 25.5. The molecule has 0 aromatic heterocycles. The summed E-state index contributed by atoms with van der Waals surface area (Å²) in [6.45, 7) is 14.6. The van der Waals surface area contributed by atoms with E-state index in [0.29, 0.717) is 16.9 Å². The summed E-state index contributed by atoms with van der Waals surface area (Å²) in [5, 5.41) is 9.47. The minimum absolute atomic E-state index is 0.0168. The molecule has 0 heterocycles. The normalized spacial score (nSPS) is 12.6. The highest BCUT2D eigenvalue weighted by atomic mass is 32.2. The standard InChI is InChI=1S/C22H32N2O5S/c1-7-13-23(22(26)27)21(25)20(15-17(4)5)24(14-12-16(2)3)30(28,29)19-10-8-18(6)9-11-19/h7-11,16,20H,1,4,12-15H2,2-3,5-6H3,(H,26,27)/t20-/m0/s1. The molecule has 166 valence electrons. The minimum atomic E-state index is -4.05. The van der Waals surface area contributed by atoms with E-state index in [0.717, 1.165) is 9.87 Å². The van der Waals surface area contributed by atoms with E-state index in [1.165, 1.54) is 18.2 Å². The second-order valence-corrected chi connectivity index (χ2v) is 9.70. The lowest BCUT2D eigenvalue weighted by molar-refractivity contribution is -0.132. The number of nitrogens with zero attached hydrogens (tertiary/aromatic N) is 2. The summed E-state index contributed by atoms with van der Waals surface area (Å²) in [6.07, 6.45) is 0.363. The van der Waals surface area contributed by atoms with Gasteiger partial charge in [0, 0.05) is 13.1 Å². The summed E-state index contributed by atoms with van der Waals surface area (Å²) in [6, 6.07) is 5.14. The highest BCUT2D eigenvalue weighted by molar-refractivity contribution is 7.89. The SMILES string of the molecule is C=CCN(C(=O)O)C(=O)[C@H](CC(=C)C)N(CCC(C)C)S(=O)(=O)c1ccc(C)cc1. The van der Waals surface area contributed by atoms with Crippen molar-refractivity contribution in [3.05, 3.63) is 54.6 Å². The van der Waals surface area contributed by atoms with Crippen molar-refractivity contribution in [1.82, 2.24) is 9.21 Å². The predicted molar refractivity (Wildman–Crippen MR) is 118 cm³/mol. The van der Waals surface area contributed by atoms with Gasteiger partial charge in [-0.3, -0.25) is 4.79 Å². The van der Waals surface area contributed by atoms with Gasteiger partial charge in [0.1, 0.15) is 6.04 Å². The van der Waals surface area contributed by atoms with Gasteiger partial charge in [0.15, 0.2) is 0 Å². The molecule has 0 unspecified atom stereocenters. The molecule has 0 saturated heterocycles. The number of imide groups is 1. The third-order valence-electron chi connectivity index (χ3n) is 4.54. The molecule has 0 fully saturated rings. The third-order valence-corrected chi connectivity index (χ3v) is 6.46. The van der Waals surface area contributed by atoms with Crippen LogP contribution in [0, 0.1) is 12.8 Å². The number of hydrogen-bond donors (Lipinski definition) is 1. The van der Waals surface area contributed by atoms with Gasteiger partial charge in [-0.15, -0.1) is 13.2 Å². The summed E-state index contributed by atoms with van der Waals surface area (Å²) in [7, 11) is -4.05. The second kappa shape index (κ2) is 11.1. The monoisotopic (exact) mass is 436 g/mol. The summed E-state index contributed by atoms with van der Waals surface area (Å²) in [5.41, 5.74) is 1.48. The van der Waals surface area contributed by atoms with E-state index in [2.05, 4.69) is 13.2 Å². The van der Waals surface area contributed by atoms with Crippen molar-refractivity contribution in [3.63, 3.8) is 0 Å². The van der Waals surface area contributed by atoms with Crippen LogP contribution < -0.4 is 0 Å². The van der Waals surface area contributed by atoms with Gasteiger partial charge in [0.25, 0.3) is 5.91 Å². The molecular weight excluding hydrogens is 404 g/mol. The van der Waals surface area contributed by atoms with Crippen LogP contribution in [0.2, 0.25) is 0 Å². The molecule has 1 rings (SSSR count). The number of amides is 2. The first-order valence-corrected chi connectivity index (χ1v) is 11.2. The zero-order valence-electron chi connectivity index (χ0n) is 18.2. The van der Waals surface area contributed by atoms with Crippen molar-refractivity contribution >= 4 is 22.0 Å². The molecule has 30 heavy (non-hydrogen) atoms. The molecular formula is C22H32N2O5S. The van der Waals surface area contributed by atoms with Crippen LogP contribution in [0.15, 0.2) is 54.0 Å². The van der Waals surface area contributed by atoms with Crippen molar-refractivity contribution in [2.24, 2.45) is 5.92 Å². The van der Waals surface area contributed by atoms with E-state index in [-0.39, 0.29) is 30.3 Å². The average Bonchev–Trinajstić information content (AvgIpc) is 2.64. The Morgan fingerprint density at radius 2 is 1.77 bits per heavy atom. The summed E-state index contributed by atoms with van der Waals surface area (Å²) >= 11 is 0. The first-order chi connectivity index (χ1) is 13.9. The quantitative estimate of drug-likeness (QED) is 0.528.